The molecule has 0 aliphatic rings. The van der Waals surface area contributed by atoms with Crippen LogP contribution in [0.5, 0.6) is 0 Å². The second kappa shape index (κ2) is 5.72. The molecule has 0 bridgehead atoms. The Hall–Kier alpha value is -1.38. The van der Waals surface area contributed by atoms with Crippen molar-refractivity contribution >= 4 is 11.6 Å². The van der Waals surface area contributed by atoms with Crippen molar-refractivity contribution in [3.05, 3.63) is 69.5 Å². The standard InChI is InChI=1S/C16H17ClFN/c1-10-4-3-5-11(2)16(10)15(19)9-12-8-13(17)6-7-14(12)18/h3-8,15H,9,19H2,1-2H3. The summed E-state index contributed by atoms with van der Waals surface area (Å²) in [4.78, 5) is 0. The van der Waals surface area contributed by atoms with Gasteiger partial charge >= 0.3 is 0 Å². The molecule has 0 spiro atoms. The normalized spacial score (nSPS) is 12.5. The molecule has 1 nitrogen and oxygen atoms in total. The van der Waals surface area contributed by atoms with Gasteiger partial charge in [-0.2, -0.15) is 0 Å². The molecule has 0 fully saturated rings. The Kier molecular flexibility index (Phi) is 4.23. The van der Waals surface area contributed by atoms with Gasteiger partial charge in [0, 0.05) is 11.1 Å². The van der Waals surface area contributed by atoms with E-state index in [1.165, 1.54) is 6.07 Å². The van der Waals surface area contributed by atoms with Crippen LogP contribution in [0, 0.1) is 19.7 Å². The van der Waals surface area contributed by atoms with E-state index in [9.17, 15) is 4.39 Å². The summed E-state index contributed by atoms with van der Waals surface area (Å²) in [5.41, 5.74) is 10.1. The minimum Gasteiger partial charge on any atom is -0.324 e. The zero-order valence-corrected chi connectivity index (χ0v) is 11.8. The molecule has 0 saturated carbocycles. The average molecular weight is 278 g/mol. The monoisotopic (exact) mass is 277 g/mol. The van der Waals surface area contributed by atoms with Crippen LogP contribution in [0.1, 0.15) is 28.3 Å². The highest BCUT2D eigenvalue weighted by molar-refractivity contribution is 6.30. The van der Waals surface area contributed by atoms with E-state index in [0.717, 1.165) is 16.7 Å². The second-order valence-electron chi connectivity index (χ2n) is 4.85. The molecule has 19 heavy (non-hydrogen) atoms. The van der Waals surface area contributed by atoms with Crippen LogP contribution in [0.25, 0.3) is 0 Å². The van der Waals surface area contributed by atoms with Crippen molar-refractivity contribution in [2.45, 2.75) is 26.3 Å². The smallest absolute Gasteiger partial charge is 0.126 e. The van der Waals surface area contributed by atoms with E-state index in [2.05, 4.69) is 0 Å². The van der Waals surface area contributed by atoms with Gasteiger partial charge in [-0.3, -0.25) is 0 Å². The Morgan fingerprint density at radius 3 is 2.42 bits per heavy atom. The van der Waals surface area contributed by atoms with E-state index < -0.39 is 0 Å². The Morgan fingerprint density at radius 1 is 1.16 bits per heavy atom. The van der Waals surface area contributed by atoms with E-state index in [-0.39, 0.29) is 11.9 Å². The number of hydrogen-bond donors (Lipinski definition) is 1. The maximum atomic E-state index is 13.7. The first kappa shape index (κ1) is 14.0. The largest absolute Gasteiger partial charge is 0.324 e. The van der Waals surface area contributed by atoms with Gasteiger partial charge in [0.1, 0.15) is 5.82 Å². The van der Waals surface area contributed by atoms with Crippen LogP contribution in [0.2, 0.25) is 5.02 Å². The van der Waals surface area contributed by atoms with Gasteiger partial charge in [0.2, 0.25) is 0 Å². The van der Waals surface area contributed by atoms with Gasteiger partial charge in [0.05, 0.1) is 0 Å². The number of benzene rings is 2. The third-order valence-corrected chi connectivity index (χ3v) is 3.60. The molecule has 2 aromatic carbocycles. The van der Waals surface area contributed by atoms with E-state index in [4.69, 9.17) is 17.3 Å². The van der Waals surface area contributed by atoms with Crippen molar-refractivity contribution in [2.75, 3.05) is 0 Å². The third-order valence-electron chi connectivity index (χ3n) is 3.36. The fourth-order valence-corrected chi connectivity index (χ4v) is 2.65. The Balaban J connectivity index is 2.31. The molecule has 0 saturated heterocycles. The van der Waals surface area contributed by atoms with E-state index in [1.54, 1.807) is 12.1 Å². The maximum Gasteiger partial charge on any atom is 0.126 e. The highest BCUT2D eigenvalue weighted by Gasteiger charge is 2.14. The summed E-state index contributed by atoms with van der Waals surface area (Å²) in [5, 5.41) is 0.533. The molecule has 2 aromatic rings. The maximum absolute atomic E-state index is 13.7. The minimum absolute atomic E-state index is 0.228. The van der Waals surface area contributed by atoms with Crippen LogP contribution >= 0.6 is 11.6 Å². The van der Waals surface area contributed by atoms with Gasteiger partial charge in [-0.25, -0.2) is 4.39 Å². The van der Waals surface area contributed by atoms with Gasteiger partial charge in [-0.05, 0) is 60.7 Å². The highest BCUT2D eigenvalue weighted by atomic mass is 35.5. The summed E-state index contributed by atoms with van der Waals surface area (Å²) in [6, 6.07) is 10.4. The SMILES string of the molecule is Cc1cccc(C)c1C(N)Cc1cc(Cl)ccc1F. The lowest BCUT2D eigenvalue weighted by Gasteiger charge is -2.18. The minimum atomic E-state index is -0.258. The predicted octanol–water partition coefficient (Wildman–Crippen LogP) is 4.34. The number of rotatable bonds is 3. The van der Waals surface area contributed by atoms with Crippen LogP contribution < -0.4 is 5.73 Å². The quantitative estimate of drug-likeness (QED) is 0.887. The lowest BCUT2D eigenvalue weighted by molar-refractivity contribution is 0.592. The topological polar surface area (TPSA) is 26.0 Å². The summed E-state index contributed by atoms with van der Waals surface area (Å²) in [7, 11) is 0. The molecule has 1 atom stereocenters. The van der Waals surface area contributed by atoms with Crippen molar-refractivity contribution < 1.29 is 4.39 Å². The molecule has 3 heteroatoms. The first-order valence-electron chi connectivity index (χ1n) is 6.24. The number of halogens is 2. The third kappa shape index (κ3) is 3.14. The van der Waals surface area contributed by atoms with Gasteiger partial charge in [-0.1, -0.05) is 29.8 Å². The highest BCUT2D eigenvalue weighted by Crippen LogP contribution is 2.25. The fourth-order valence-electron chi connectivity index (χ4n) is 2.45. The van der Waals surface area contributed by atoms with Crippen molar-refractivity contribution in [3.8, 4) is 0 Å². The molecule has 0 amide bonds. The van der Waals surface area contributed by atoms with E-state index >= 15 is 0 Å². The molecule has 2 rings (SSSR count). The van der Waals surface area contributed by atoms with Gasteiger partial charge < -0.3 is 5.73 Å². The van der Waals surface area contributed by atoms with Crippen molar-refractivity contribution in [1.29, 1.82) is 0 Å². The first-order chi connectivity index (χ1) is 8.99. The molecule has 0 radical (unpaired) electrons. The first-order valence-corrected chi connectivity index (χ1v) is 6.62. The van der Waals surface area contributed by atoms with E-state index in [1.807, 2.05) is 32.0 Å². The Labute approximate surface area is 118 Å². The van der Waals surface area contributed by atoms with Crippen molar-refractivity contribution in [1.82, 2.24) is 0 Å². The lowest BCUT2D eigenvalue weighted by atomic mass is 9.92. The Bertz CT molecular complexity index is 575. The van der Waals surface area contributed by atoms with Crippen LogP contribution in [0.4, 0.5) is 4.39 Å². The van der Waals surface area contributed by atoms with Crippen LogP contribution in [-0.4, -0.2) is 0 Å². The van der Waals surface area contributed by atoms with Gasteiger partial charge in [0.15, 0.2) is 0 Å². The summed E-state index contributed by atoms with van der Waals surface area (Å²) >= 11 is 5.90. The summed E-state index contributed by atoms with van der Waals surface area (Å²) in [5.74, 6) is -0.258. The number of hydrogen-bond acceptors (Lipinski definition) is 1. The molecule has 0 aliphatic heterocycles. The average Bonchev–Trinajstić information content (AvgIpc) is 2.33. The van der Waals surface area contributed by atoms with Gasteiger partial charge in [-0.15, -0.1) is 0 Å². The summed E-state index contributed by atoms with van der Waals surface area (Å²) in [6.45, 7) is 4.05. The van der Waals surface area contributed by atoms with Gasteiger partial charge in [0.25, 0.3) is 0 Å². The fraction of sp³-hybridized carbons (Fsp3) is 0.250. The molecule has 2 N–H and O–H groups in total. The van der Waals surface area contributed by atoms with Crippen molar-refractivity contribution in [3.63, 3.8) is 0 Å². The zero-order chi connectivity index (χ0) is 14.0. The van der Waals surface area contributed by atoms with Crippen LogP contribution in [0.3, 0.4) is 0 Å². The lowest BCUT2D eigenvalue weighted by Crippen LogP contribution is -2.16. The molecule has 0 aromatic heterocycles. The predicted molar refractivity (Wildman–Crippen MR) is 78.0 cm³/mol. The molecule has 0 heterocycles. The van der Waals surface area contributed by atoms with Crippen LogP contribution in [0.15, 0.2) is 36.4 Å². The Morgan fingerprint density at radius 2 is 1.79 bits per heavy atom. The molecule has 0 aliphatic carbocycles. The molecular formula is C16H17ClFN. The zero-order valence-electron chi connectivity index (χ0n) is 11.1. The number of aryl methyl sites for hydroxylation is 2. The molecular weight excluding hydrogens is 261 g/mol. The summed E-state index contributed by atoms with van der Waals surface area (Å²) < 4.78 is 13.7. The van der Waals surface area contributed by atoms with Crippen molar-refractivity contribution in [2.24, 2.45) is 5.73 Å². The molecule has 1 unspecified atom stereocenters. The van der Waals surface area contributed by atoms with Crippen LogP contribution in [-0.2, 0) is 6.42 Å². The second-order valence-corrected chi connectivity index (χ2v) is 5.29. The van der Waals surface area contributed by atoms with E-state index in [0.29, 0.717) is 17.0 Å². The number of nitrogens with two attached hydrogens (primary N) is 1. The molecule has 100 valence electrons. The summed E-state index contributed by atoms with van der Waals surface area (Å²) in [6.07, 6.45) is 0.443.